The van der Waals surface area contributed by atoms with Crippen LogP contribution in [0.3, 0.4) is 0 Å². The van der Waals surface area contributed by atoms with Crippen molar-refractivity contribution >= 4 is 0 Å². The van der Waals surface area contributed by atoms with Crippen molar-refractivity contribution < 1.29 is 14.0 Å². The largest absolute Gasteiger partial charge is 0.497 e. The third kappa shape index (κ3) is 3.06. The van der Waals surface area contributed by atoms with Crippen molar-refractivity contribution in [2.24, 2.45) is 0 Å². The Hall–Kier alpha value is -2.01. The molecule has 0 N–H and O–H groups in total. The zero-order valence-electron chi connectivity index (χ0n) is 14.3. The number of rotatable bonds is 5. The van der Waals surface area contributed by atoms with E-state index in [9.17, 15) is 0 Å². The van der Waals surface area contributed by atoms with Crippen molar-refractivity contribution in [1.29, 1.82) is 0 Å². The minimum atomic E-state index is 0.351. The lowest BCUT2D eigenvalue weighted by Crippen LogP contribution is -2.23. The van der Waals surface area contributed by atoms with Crippen LogP contribution in [0.25, 0.3) is 0 Å². The fourth-order valence-electron chi connectivity index (χ4n) is 3.39. The van der Waals surface area contributed by atoms with E-state index < -0.39 is 0 Å². The lowest BCUT2D eigenvalue weighted by atomic mass is 10.0. The van der Waals surface area contributed by atoms with Gasteiger partial charge in [-0.3, -0.25) is 4.90 Å². The molecule has 0 amide bonds. The molecule has 0 aliphatic carbocycles. The zero-order chi connectivity index (χ0) is 16.4. The van der Waals surface area contributed by atoms with Crippen LogP contribution in [-0.2, 0) is 6.54 Å². The molecule has 1 saturated heterocycles. The van der Waals surface area contributed by atoms with Crippen molar-refractivity contribution in [3.63, 3.8) is 0 Å². The van der Waals surface area contributed by atoms with Gasteiger partial charge in [0.05, 0.1) is 19.9 Å². The summed E-state index contributed by atoms with van der Waals surface area (Å²) in [6.07, 6.45) is 2.31. The number of hydrogen-bond acceptors (Lipinski definition) is 5. The van der Waals surface area contributed by atoms with Crippen molar-refractivity contribution in [2.75, 3.05) is 20.8 Å². The number of aromatic nitrogens is 1. The van der Waals surface area contributed by atoms with Gasteiger partial charge in [-0.25, -0.2) is 0 Å². The van der Waals surface area contributed by atoms with Crippen LogP contribution >= 0.6 is 0 Å². The third-order valence-corrected chi connectivity index (χ3v) is 4.71. The summed E-state index contributed by atoms with van der Waals surface area (Å²) in [7, 11) is 3.39. The average molecular weight is 316 g/mol. The Balaban J connectivity index is 1.87. The van der Waals surface area contributed by atoms with E-state index in [4.69, 9.17) is 14.0 Å². The summed E-state index contributed by atoms with van der Waals surface area (Å²) >= 11 is 0. The summed E-state index contributed by atoms with van der Waals surface area (Å²) < 4.78 is 16.2. The van der Waals surface area contributed by atoms with Crippen LogP contribution in [0.4, 0.5) is 0 Å². The molecule has 0 bridgehead atoms. The number of hydrogen-bond donors (Lipinski definition) is 0. The highest BCUT2D eigenvalue weighted by atomic mass is 16.5. The molecule has 1 atom stereocenters. The van der Waals surface area contributed by atoms with Crippen molar-refractivity contribution in [2.45, 2.75) is 39.3 Å². The second-order valence-electron chi connectivity index (χ2n) is 6.04. The number of nitrogens with zero attached hydrogens (tertiary/aromatic N) is 2. The molecule has 2 aromatic rings. The van der Waals surface area contributed by atoms with E-state index in [2.05, 4.69) is 16.1 Å². The zero-order valence-corrected chi connectivity index (χ0v) is 14.3. The molecule has 5 nitrogen and oxygen atoms in total. The van der Waals surface area contributed by atoms with Gasteiger partial charge in [0, 0.05) is 29.8 Å². The minimum absolute atomic E-state index is 0.351. The number of likely N-dealkylation sites (tertiary alicyclic amines) is 1. The Labute approximate surface area is 137 Å². The summed E-state index contributed by atoms with van der Waals surface area (Å²) in [6, 6.07) is 6.43. The van der Waals surface area contributed by atoms with Crippen LogP contribution in [-0.4, -0.2) is 30.8 Å². The van der Waals surface area contributed by atoms with Gasteiger partial charge >= 0.3 is 0 Å². The molecule has 0 radical (unpaired) electrons. The number of benzene rings is 1. The van der Waals surface area contributed by atoms with Crippen LogP contribution in [0.1, 0.15) is 41.5 Å². The SMILES string of the molecule is COc1ccc([C@H]2CCCN2Cc2c(C)noc2C)c(OC)c1. The van der Waals surface area contributed by atoms with Gasteiger partial charge in [-0.2, -0.15) is 0 Å². The quantitative estimate of drug-likeness (QED) is 0.842. The summed E-state index contributed by atoms with van der Waals surface area (Å²) in [4.78, 5) is 2.48. The fourth-order valence-corrected chi connectivity index (χ4v) is 3.39. The van der Waals surface area contributed by atoms with Gasteiger partial charge in [0.2, 0.25) is 0 Å². The normalized spacial score (nSPS) is 18.3. The molecule has 5 heteroatoms. The maximum Gasteiger partial charge on any atom is 0.138 e. The molecule has 0 unspecified atom stereocenters. The first-order valence-corrected chi connectivity index (χ1v) is 8.01. The molecule has 1 aliphatic heterocycles. The van der Waals surface area contributed by atoms with E-state index in [-0.39, 0.29) is 0 Å². The summed E-state index contributed by atoms with van der Waals surface area (Å²) in [6.45, 7) is 5.92. The molecule has 23 heavy (non-hydrogen) atoms. The first-order valence-electron chi connectivity index (χ1n) is 8.01. The standard InChI is InChI=1S/C18H24N2O3/c1-12-16(13(2)23-19-12)11-20-9-5-6-17(20)15-8-7-14(21-3)10-18(15)22-4/h7-8,10,17H,5-6,9,11H2,1-4H3/t17-/m1/s1. The highest BCUT2D eigenvalue weighted by molar-refractivity contribution is 5.43. The minimum Gasteiger partial charge on any atom is -0.497 e. The highest BCUT2D eigenvalue weighted by Gasteiger charge is 2.29. The predicted octanol–water partition coefficient (Wildman–Crippen LogP) is 3.65. The number of aryl methyl sites for hydroxylation is 2. The summed E-state index contributed by atoms with van der Waals surface area (Å²) in [5.41, 5.74) is 3.40. The van der Waals surface area contributed by atoms with Crippen LogP contribution in [0, 0.1) is 13.8 Å². The van der Waals surface area contributed by atoms with E-state index in [0.717, 1.165) is 42.5 Å². The Bertz CT molecular complexity index is 661. The third-order valence-electron chi connectivity index (χ3n) is 4.71. The molecule has 0 saturated carbocycles. The summed E-state index contributed by atoms with van der Waals surface area (Å²) in [5.74, 6) is 2.62. The molecule has 1 aromatic carbocycles. The van der Waals surface area contributed by atoms with E-state index in [1.54, 1.807) is 14.2 Å². The van der Waals surface area contributed by atoms with Crippen molar-refractivity contribution in [3.8, 4) is 11.5 Å². The van der Waals surface area contributed by atoms with Gasteiger partial charge in [0.15, 0.2) is 0 Å². The lowest BCUT2D eigenvalue weighted by molar-refractivity contribution is 0.241. The smallest absolute Gasteiger partial charge is 0.138 e. The second-order valence-corrected chi connectivity index (χ2v) is 6.04. The van der Waals surface area contributed by atoms with Crippen molar-refractivity contribution in [3.05, 3.63) is 40.8 Å². The van der Waals surface area contributed by atoms with Gasteiger partial charge in [-0.15, -0.1) is 0 Å². The molecular weight excluding hydrogens is 292 g/mol. The first kappa shape index (κ1) is 15.9. The van der Waals surface area contributed by atoms with Gasteiger partial charge < -0.3 is 14.0 Å². The average Bonchev–Trinajstić information content (AvgIpc) is 3.16. The Kier molecular flexibility index (Phi) is 4.57. The molecule has 3 rings (SSSR count). The maximum absolute atomic E-state index is 5.59. The van der Waals surface area contributed by atoms with Crippen LogP contribution in [0.5, 0.6) is 11.5 Å². The lowest BCUT2D eigenvalue weighted by Gasteiger charge is -2.26. The van der Waals surface area contributed by atoms with Crippen LogP contribution in [0.2, 0.25) is 0 Å². The Morgan fingerprint density at radius 1 is 1.26 bits per heavy atom. The molecule has 1 fully saturated rings. The monoisotopic (exact) mass is 316 g/mol. The van der Waals surface area contributed by atoms with E-state index in [1.165, 1.54) is 17.5 Å². The number of methoxy groups -OCH3 is 2. The molecule has 124 valence electrons. The number of ether oxygens (including phenoxy) is 2. The maximum atomic E-state index is 5.59. The van der Waals surface area contributed by atoms with Gasteiger partial charge in [-0.1, -0.05) is 11.2 Å². The van der Waals surface area contributed by atoms with E-state index >= 15 is 0 Å². The van der Waals surface area contributed by atoms with Gasteiger partial charge in [0.25, 0.3) is 0 Å². The molecule has 1 aromatic heterocycles. The summed E-state index contributed by atoms with van der Waals surface area (Å²) in [5, 5.41) is 4.07. The highest BCUT2D eigenvalue weighted by Crippen LogP contribution is 2.39. The predicted molar refractivity (Wildman–Crippen MR) is 87.9 cm³/mol. The first-order chi connectivity index (χ1) is 11.1. The van der Waals surface area contributed by atoms with E-state index in [0.29, 0.717) is 6.04 Å². The molecule has 0 spiro atoms. The fraction of sp³-hybridized carbons (Fsp3) is 0.500. The molecule has 1 aliphatic rings. The van der Waals surface area contributed by atoms with Gasteiger partial charge in [-0.05, 0) is 39.3 Å². The van der Waals surface area contributed by atoms with Crippen LogP contribution in [0.15, 0.2) is 22.7 Å². The van der Waals surface area contributed by atoms with Gasteiger partial charge in [0.1, 0.15) is 17.3 Å². The second kappa shape index (κ2) is 6.62. The Morgan fingerprint density at radius 2 is 2.09 bits per heavy atom. The van der Waals surface area contributed by atoms with Crippen molar-refractivity contribution in [1.82, 2.24) is 10.1 Å². The topological polar surface area (TPSA) is 47.7 Å². The molecular formula is C18H24N2O3. The Morgan fingerprint density at radius 3 is 2.74 bits per heavy atom. The van der Waals surface area contributed by atoms with E-state index in [1.807, 2.05) is 26.0 Å². The van der Waals surface area contributed by atoms with Crippen LogP contribution < -0.4 is 9.47 Å². The molecule has 2 heterocycles.